The van der Waals surface area contributed by atoms with E-state index in [1.807, 2.05) is 66.8 Å². The number of nitrogens with zero attached hydrogens (tertiary/aromatic N) is 2. The van der Waals surface area contributed by atoms with Crippen LogP contribution >= 0.6 is 0 Å². The Hall–Kier alpha value is -4.03. The molecule has 3 aromatic heterocycles. The smallest absolute Gasteiger partial charge is 0.307 e. The van der Waals surface area contributed by atoms with Gasteiger partial charge in [0.1, 0.15) is 5.75 Å². The van der Waals surface area contributed by atoms with Crippen molar-refractivity contribution < 1.29 is 41.9 Å². The molecule has 6 rings (SSSR count). The third-order valence-electron chi connectivity index (χ3n) is 6.37. The monoisotopic (exact) mass is 567 g/mol. The molecule has 8 bridgehead atoms. The van der Waals surface area contributed by atoms with Gasteiger partial charge >= 0.3 is 5.97 Å². The first-order chi connectivity index (χ1) is 18.2. The van der Waals surface area contributed by atoms with E-state index in [-0.39, 0.29) is 28.1 Å². The maximum atomic E-state index is 10.4. The average Bonchev–Trinajstić information content (AvgIpc) is 3.68. The van der Waals surface area contributed by atoms with Crippen LogP contribution in [0.15, 0.2) is 60.7 Å². The molecule has 0 spiro atoms. The molecule has 0 aliphatic carbocycles. The maximum absolute atomic E-state index is 10.4. The second-order valence-electron chi connectivity index (χ2n) is 9.13. The number of ether oxygens (including phenoxy) is 1. The van der Waals surface area contributed by atoms with Crippen molar-refractivity contribution in [1.82, 2.24) is 19.9 Å². The number of nitrogens with one attached hydrogen (secondary N) is 2. The SMILES string of the molecule is COc1ccc(-c2cc3cc4ccc(cc5nc(cc6nc(cc2[nH]3)C=C6)C=C5)[nH]4)cc1C(O)C(O)(O)O.[Co]. The van der Waals surface area contributed by atoms with Crippen molar-refractivity contribution in [2.45, 2.75) is 12.1 Å². The minimum atomic E-state index is -3.34. The summed E-state index contributed by atoms with van der Waals surface area (Å²) in [4.78, 5) is 16.1. The number of aliphatic hydroxyl groups is 4. The van der Waals surface area contributed by atoms with Gasteiger partial charge in [0.2, 0.25) is 0 Å². The van der Waals surface area contributed by atoms with Crippen molar-refractivity contribution in [3.63, 3.8) is 0 Å². The number of hydrogen-bond donors (Lipinski definition) is 6. The molecule has 4 aromatic rings. The third kappa shape index (κ3) is 5.43. The summed E-state index contributed by atoms with van der Waals surface area (Å²) in [5.41, 5.74) is 7.93. The third-order valence-corrected chi connectivity index (χ3v) is 6.37. The summed E-state index contributed by atoms with van der Waals surface area (Å²) in [6.45, 7) is 0. The molecule has 6 N–H and O–H groups in total. The number of methoxy groups -OCH3 is 1. The Balaban J connectivity index is 0.00000308. The van der Waals surface area contributed by atoms with Crippen LogP contribution in [-0.4, -0.2) is 53.4 Å². The van der Waals surface area contributed by atoms with Gasteiger partial charge < -0.3 is 35.1 Å². The van der Waals surface area contributed by atoms with Gasteiger partial charge in [0.05, 0.1) is 29.9 Å². The van der Waals surface area contributed by atoms with Crippen LogP contribution in [0.25, 0.3) is 57.5 Å². The molecule has 0 fully saturated rings. The first kappa shape index (κ1) is 26.6. The Labute approximate surface area is 233 Å². The van der Waals surface area contributed by atoms with Gasteiger partial charge in [-0.05, 0) is 84.5 Å². The number of fused-ring (bicyclic) bond motifs is 8. The Morgan fingerprint density at radius 3 is 1.97 bits per heavy atom. The molecule has 39 heavy (non-hydrogen) atoms. The van der Waals surface area contributed by atoms with Gasteiger partial charge in [-0.2, -0.15) is 0 Å². The standard InChI is InChI=1S/C29H24N4O5.Co/c1-38-27-9-2-16(10-25(27)28(34)29(35,36)37)24-14-23-13-21-6-5-19(31-21)11-17-3-4-18(30-17)12-20-7-8-22(32-20)15-26(24)33-23;/h2-15,28,31,33-37H,1H3;. The predicted octanol–water partition coefficient (Wildman–Crippen LogP) is 3.99. The molecule has 1 atom stereocenters. The summed E-state index contributed by atoms with van der Waals surface area (Å²) >= 11 is 0. The summed E-state index contributed by atoms with van der Waals surface area (Å²) in [6.07, 6.45) is 5.72. The van der Waals surface area contributed by atoms with Crippen molar-refractivity contribution >= 4 is 46.4 Å². The number of aliphatic hydroxyl groups excluding tert-OH is 1. The van der Waals surface area contributed by atoms with Crippen molar-refractivity contribution in [2.24, 2.45) is 0 Å². The number of benzene rings is 1. The van der Waals surface area contributed by atoms with Crippen LogP contribution in [0.4, 0.5) is 0 Å². The fourth-order valence-corrected chi connectivity index (χ4v) is 4.58. The molecule has 0 saturated heterocycles. The molecule has 1 unspecified atom stereocenters. The summed E-state index contributed by atoms with van der Waals surface area (Å²) in [7, 11) is 1.39. The molecule has 0 saturated carbocycles. The number of aromatic nitrogens is 4. The fraction of sp³-hybridized carbons (Fsp3) is 0.103. The maximum Gasteiger partial charge on any atom is 0.307 e. The van der Waals surface area contributed by atoms with Crippen LogP contribution in [0.1, 0.15) is 34.4 Å². The van der Waals surface area contributed by atoms with Gasteiger partial charge in [-0.25, -0.2) is 9.97 Å². The first-order valence-corrected chi connectivity index (χ1v) is 11.9. The van der Waals surface area contributed by atoms with Crippen LogP contribution in [0.2, 0.25) is 0 Å². The fourth-order valence-electron chi connectivity index (χ4n) is 4.58. The van der Waals surface area contributed by atoms with E-state index in [1.165, 1.54) is 7.11 Å². The van der Waals surface area contributed by atoms with E-state index in [9.17, 15) is 20.4 Å². The zero-order chi connectivity index (χ0) is 26.4. The van der Waals surface area contributed by atoms with Gasteiger partial charge in [-0.15, -0.1) is 0 Å². The quantitative estimate of drug-likeness (QED) is 0.177. The van der Waals surface area contributed by atoms with Gasteiger partial charge in [0, 0.05) is 50.0 Å². The normalized spacial score (nSPS) is 13.3. The zero-order valence-electron chi connectivity index (χ0n) is 20.6. The van der Waals surface area contributed by atoms with Crippen molar-refractivity contribution in [3.8, 4) is 16.9 Å². The van der Waals surface area contributed by atoms with Crippen LogP contribution in [0.5, 0.6) is 5.75 Å². The molecule has 2 aliphatic heterocycles. The molecular weight excluding hydrogens is 543 g/mol. The molecule has 5 heterocycles. The van der Waals surface area contributed by atoms with E-state index in [2.05, 4.69) is 15.0 Å². The van der Waals surface area contributed by atoms with E-state index in [1.54, 1.807) is 18.2 Å². The van der Waals surface area contributed by atoms with E-state index >= 15 is 0 Å². The summed E-state index contributed by atoms with van der Waals surface area (Å²) < 4.78 is 5.28. The summed E-state index contributed by atoms with van der Waals surface area (Å²) in [5.74, 6) is -3.15. The Morgan fingerprint density at radius 2 is 1.33 bits per heavy atom. The Kier molecular flexibility index (Phi) is 6.99. The van der Waals surface area contributed by atoms with E-state index in [0.717, 1.165) is 50.4 Å². The van der Waals surface area contributed by atoms with Gasteiger partial charge in [-0.3, -0.25) is 0 Å². The predicted molar refractivity (Wildman–Crippen MR) is 145 cm³/mol. The van der Waals surface area contributed by atoms with Crippen LogP contribution in [-0.2, 0) is 16.8 Å². The molecule has 9 nitrogen and oxygen atoms in total. The molecule has 1 aromatic carbocycles. The van der Waals surface area contributed by atoms with Crippen molar-refractivity contribution in [1.29, 1.82) is 0 Å². The summed E-state index contributed by atoms with van der Waals surface area (Å²) in [5, 5.41) is 39.2. The van der Waals surface area contributed by atoms with Crippen LogP contribution in [0.3, 0.4) is 0 Å². The van der Waals surface area contributed by atoms with E-state index in [4.69, 9.17) is 9.72 Å². The number of hydrogen-bond acceptors (Lipinski definition) is 7. The van der Waals surface area contributed by atoms with Gasteiger partial charge in [-0.1, -0.05) is 6.07 Å². The van der Waals surface area contributed by atoms with Crippen LogP contribution < -0.4 is 4.74 Å². The van der Waals surface area contributed by atoms with Gasteiger partial charge in [0.15, 0.2) is 6.10 Å². The minimum absolute atomic E-state index is 0. The molecule has 199 valence electrons. The minimum Gasteiger partial charge on any atom is -0.496 e. The Morgan fingerprint density at radius 1 is 0.718 bits per heavy atom. The molecule has 2 aliphatic rings. The van der Waals surface area contributed by atoms with Crippen LogP contribution in [0, 0.1) is 0 Å². The zero-order valence-corrected chi connectivity index (χ0v) is 21.6. The van der Waals surface area contributed by atoms with Crippen molar-refractivity contribution in [2.75, 3.05) is 7.11 Å². The van der Waals surface area contributed by atoms with E-state index in [0.29, 0.717) is 5.56 Å². The molecule has 0 amide bonds. The first-order valence-electron chi connectivity index (χ1n) is 11.9. The Bertz CT molecular complexity index is 1780. The average molecular weight is 567 g/mol. The van der Waals surface area contributed by atoms with E-state index < -0.39 is 12.1 Å². The topological polar surface area (TPSA) is 148 Å². The number of H-pyrrole nitrogens is 2. The molecule has 10 heteroatoms. The second-order valence-corrected chi connectivity index (χ2v) is 9.13. The van der Waals surface area contributed by atoms with Crippen molar-refractivity contribution in [3.05, 3.63) is 89.0 Å². The molecular formula is C29H24CoN4O5. The second kappa shape index (κ2) is 10.3. The molecule has 1 radical (unpaired) electrons. The number of rotatable bonds is 4. The van der Waals surface area contributed by atoms with Gasteiger partial charge in [0.25, 0.3) is 0 Å². The number of aromatic amines is 2. The largest absolute Gasteiger partial charge is 0.496 e. The summed E-state index contributed by atoms with van der Waals surface area (Å²) in [6, 6.07) is 18.6.